The number of nitrogens with zero attached hydrogens (tertiary/aromatic N) is 1. The number of hydrogen-bond acceptors (Lipinski definition) is 3. The van der Waals surface area contributed by atoms with Gasteiger partial charge in [0.25, 0.3) is 5.91 Å². The Balaban J connectivity index is 2.16. The third-order valence-corrected chi connectivity index (χ3v) is 3.48. The number of nitrogens with two attached hydrogens (primary N) is 1. The number of halogens is 1. The number of carbonyl (C=O) groups is 1. The summed E-state index contributed by atoms with van der Waals surface area (Å²) in [6, 6.07) is 12.1. The molecule has 0 aliphatic carbocycles. The van der Waals surface area contributed by atoms with Crippen molar-refractivity contribution in [3.05, 3.63) is 58.1 Å². The van der Waals surface area contributed by atoms with E-state index in [1.807, 2.05) is 24.3 Å². The zero-order chi connectivity index (χ0) is 14.7. The lowest BCUT2D eigenvalue weighted by molar-refractivity contribution is 0.0785. The van der Waals surface area contributed by atoms with Crippen molar-refractivity contribution in [3.63, 3.8) is 0 Å². The first-order valence-electron chi connectivity index (χ1n) is 6.06. The topological polar surface area (TPSA) is 66.6 Å². The van der Waals surface area contributed by atoms with E-state index in [9.17, 15) is 9.90 Å². The van der Waals surface area contributed by atoms with Crippen LogP contribution in [0.1, 0.15) is 15.9 Å². The van der Waals surface area contributed by atoms with E-state index in [0.29, 0.717) is 17.8 Å². The molecule has 2 aromatic rings. The van der Waals surface area contributed by atoms with Gasteiger partial charge >= 0.3 is 0 Å². The van der Waals surface area contributed by atoms with Gasteiger partial charge in [0.15, 0.2) is 0 Å². The third-order valence-electron chi connectivity index (χ3n) is 2.95. The maximum Gasteiger partial charge on any atom is 0.256 e. The summed E-state index contributed by atoms with van der Waals surface area (Å²) in [5, 5.41) is 9.46. The normalized spacial score (nSPS) is 10.3. The number of amides is 1. The average Bonchev–Trinajstić information content (AvgIpc) is 2.43. The number of anilines is 1. The van der Waals surface area contributed by atoms with Gasteiger partial charge in [0.1, 0.15) is 5.75 Å². The van der Waals surface area contributed by atoms with E-state index in [0.717, 1.165) is 10.0 Å². The molecule has 0 aliphatic heterocycles. The van der Waals surface area contributed by atoms with Crippen molar-refractivity contribution in [1.82, 2.24) is 4.90 Å². The summed E-state index contributed by atoms with van der Waals surface area (Å²) in [5.74, 6) is -0.194. The molecule has 0 atom stereocenters. The molecule has 0 aromatic heterocycles. The number of carbonyl (C=O) groups excluding carboxylic acids is 1. The summed E-state index contributed by atoms with van der Waals surface area (Å²) in [5.41, 5.74) is 7.46. The zero-order valence-electron chi connectivity index (χ0n) is 11.0. The Morgan fingerprint density at radius 1 is 1.25 bits per heavy atom. The van der Waals surface area contributed by atoms with Gasteiger partial charge in [0.2, 0.25) is 0 Å². The van der Waals surface area contributed by atoms with Crippen LogP contribution in [0.5, 0.6) is 5.75 Å². The fourth-order valence-electron chi connectivity index (χ4n) is 1.87. The van der Waals surface area contributed by atoms with E-state index in [2.05, 4.69) is 15.9 Å². The largest absolute Gasteiger partial charge is 0.508 e. The molecule has 0 saturated carbocycles. The maximum atomic E-state index is 12.3. The van der Waals surface area contributed by atoms with Gasteiger partial charge in [-0.15, -0.1) is 0 Å². The number of aromatic hydroxyl groups is 1. The Bertz CT molecular complexity index is 626. The molecule has 0 fully saturated rings. The highest BCUT2D eigenvalue weighted by Crippen LogP contribution is 2.20. The van der Waals surface area contributed by atoms with E-state index < -0.39 is 0 Å². The lowest BCUT2D eigenvalue weighted by Gasteiger charge is -2.18. The van der Waals surface area contributed by atoms with Crippen LogP contribution in [0.4, 0.5) is 5.69 Å². The minimum Gasteiger partial charge on any atom is -0.508 e. The molecule has 0 saturated heterocycles. The SMILES string of the molecule is CN(Cc1ccc(Br)cc1)C(=O)c1cc(O)ccc1N. The second-order valence-corrected chi connectivity index (χ2v) is 5.47. The monoisotopic (exact) mass is 334 g/mol. The van der Waals surface area contributed by atoms with Gasteiger partial charge in [-0.05, 0) is 35.9 Å². The molecule has 2 aromatic carbocycles. The van der Waals surface area contributed by atoms with Gasteiger partial charge in [0, 0.05) is 23.8 Å². The second kappa shape index (κ2) is 5.96. The second-order valence-electron chi connectivity index (χ2n) is 4.56. The van der Waals surface area contributed by atoms with Crippen LogP contribution < -0.4 is 5.73 Å². The summed E-state index contributed by atoms with van der Waals surface area (Å²) < 4.78 is 0.993. The summed E-state index contributed by atoms with van der Waals surface area (Å²) >= 11 is 3.37. The predicted molar refractivity (Wildman–Crippen MR) is 82.5 cm³/mol. The van der Waals surface area contributed by atoms with Crippen molar-refractivity contribution in [2.45, 2.75) is 6.54 Å². The highest BCUT2D eigenvalue weighted by molar-refractivity contribution is 9.10. The standard InChI is InChI=1S/C15H15BrN2O2/c1-18(9-10-2-4-11(16)5-3-10)15(20)13-8-12(19)6-7-14(13)17/h2-8,19H,9,17H2,1H3. The number of nitrogen functional groups attached to an aromatic ring is 1. The molecule has 0 radical (unpaired) electrons. The van der Waals surface area contributed by atoms with Gasteiger partial charge in [-0.1, -0.05) is 28.1 Å². The van der Waals surface area contributed by atoms with Crippen molar-refractivity contribution in [1.29, 1.82) is 0 Å². The van der Waals surface area contributed by atoms with E-state index in [1.165, 1.54) is 18.2 Å². The lowest BCUT2D eigenvalue weighted by atomic mass is 10.1. The fraction of sp³-hybridized carbons (Fsp3) is 0.133. The summed E-state index contributed by atoms with van der Waals surface area (Å²) in [6.07, 6.45) is 0. The first-order valence-corrected chi connectivity index (χ1v) is 6.85. The first kappa shape index (κ1) is 14.4. The Morgan fingerprint density at radius 2 is 1.90 bits per heavy atom. The molecule has 0 heterocycles. The van der Waals surface area contributed by atoms with Gasteiger partial charge in [-0.3, -0.25) is 4.79 Å². The van der Waals surface area contributed by atoms with Crippen LogP contribution in [0.25, 0.3) is 0 Å². The highest BCUT2D eigenvalue weighted by atomic mass is 79.9. The quantitative estimate of drug-likeness (QED) is 0.669. The first-order chi connectivity index (χ1) is 9.47. The molecule has 0 spiro atoms. The molecular formula is C15H15BrN2O2. The number of benzene rings is 2. The summed E-state index contributed by atoms with van der Waals surface area (Å²) in [7, 11) is 1.70. The Hall–Kier alpha value is -2.01. The zero-order valence-corrected chi connectivity index (χ0v) is 12.6. The van der Waals surface area contributed by atoms with Crippen LogP contribution in [0, 0.1) is 0 Å². The van der Waals surface area contributed by atoms with Crippen LogP contribution in [-0.2, 0) is 6.54 Å². The van der Waals surface area contributed by atoms with Crippen molar-refractivity contribution in [3.8, 4) is 5.75 Å². The van der Waals surface area contributed by atoms with E-state index in [-0.39, 0.29) is 11.7 Å². The van der Waals surface area contributed by atoms with E-state index >= 15 is 0 Å². The van der Waals surface area contributed by atoms with Gasteiger partial charge in [0.05, 0.1) is 5.56 Å². The molecule has 0 aliphatic rings. The molecule has 104 valence electrons. The molecule has 0 bridgehead atoms. The Labute approximate surface area is 126 Å². The van der Waals surface area contributed by atoms with Crippen LogP contribution in [0.15, 0.2) is 46.9 Å². The van der Waals surface area contributed by atoms with Crippen molar-refractivity contribution < 1.29 is 9.90 Å². The molecule has 20 heavy (non-hydrogen) atoms. The smallest absolute Gasteiger partial charge is 0.256 e. The molecule has 5 heteroatoms. The van der Waals surface area contributed by atoms with Crippen LogP contribution in [0.2, 0.25) is 0 Å². The van der Waals surface area contributed by atoms with Crippen molar-refractivity contribution in [2.75, 3.05) is 12.8 Å². The van der Waals surface area contributed by atoms with Crippen molar-refractivity contribution >= 4 is 27.5 Å². The van der Waals surface area contributed by atoms with E-state index in [4.69, 9.17) is 5.73 Å². The molecular weight excluding hydrogens is 320 g/mol. The number of rotatable bonds is 3. The molecule has 4 nitrogen and oxygen atoms in total. The van der Waals surface area contributed by atoms with Gasteiger partial charge in [-0.25, -0.2) is 0 Å². The molecule has 0 unspecified atom stereocenters. The minimum absolute atomic E-state index is 0.0274. The average molecular weight is 335 g/mol. The molecule has 3 N–H and O–H groups in total. The molecule has 1 amide bonds. The van der Waals surface area contributed by atoms with Gasteiger partial charge < -0.3 is 15.7 Å². The highest BCUT2D eigenvalue weighted by Gasteiger charge is 2.15. The number of phenols is 1. The van der Waals surface area contributed by atoms with Crippen LogP contribution in [-0.4, -0.2) is 23.0 Å². The summed E-state index contributed by atoms with van der Waals surface area (Å²) in [6.45, 7) is 0.473. The van der Waals surface area contributed by atoms with Crippen molar-refractivity contribution in [2.24, 2.45) is 0 Å². The fourth-order valence-corrected chi connectivity index (χ4v) is 2.13. The lowest BCUT2D eigenvalue weighted by Crippen LogP contribution is -2.26. The molecule has 2 rings (SSSR count). The third kappa shape index (κ3) is 3.30. The summed E-state index contributed by atoms with van der Waals surface area (Å²) in [4.78, 5) is 13.9. The van der Waals surface area contributed by atoms with E-state index in [1.54, 1.807) is 11.9 Å². The number of phenolic OH excluding ortho intramolecular Hbond substituents is 1. The van der Waals surface area contributed by atoms with Crippen LogP contribution >= 0.6 is 15.9 Å². The Kier molecular flexibility index (Phi) is 4.29. The Morgan fingerprint density at radius 3 is 2.55 bits per heavy atom. The van der Waals surface area contributed by atoms with Gasteiger partial charge in [-0.2, -0.15) is 0 Å². The van der Waals surface area contributed by atoms with Crippen LogP contribution in [0.3, 0.4) is 0 Å². The predicted octanol–water partition coefficient (Wildman–Crippen LogP) is 3.01. The maximum absolute atomic E-state index is 12.3. The number of hydrogen-bond donors (Lipinski definition) is 2. The minimum atomic E-state index is -0.221.